The second-order valence-electron chi connectivity index (χ2n) is 5.12. The minimum atomic E-state index is -0.445. The zero-order valence-electron chi connectivity index (χ0n) is 12.3. The van der Waals surface area contributed by atoms with Gasteiger partial charge >= 0.3 is 0 Å². The number of halogens is 2. The maximum Gasteiger partial charge on any atom is 0.269 e. The van der Waals surface area contributed by atoms with Crippen molar-refractivity contribution in [3.05, 3.63) is 73.8 Å². The molecule has 0 heterocycles. The highest BCUT2D eigenvalue weighted by molar-refractivity contribution is 6.35. The van der Waals surface area contributed by atoms with Gasteiger partial charge in [-0.15, -0.1) is 0 Å². The third kappa shape index (κ3) is 4.68. The Hall–Kier alpha value is -2.11. The van der Waals surface area contributed by atoms with E-state index >= 15 is 0 Å². The monoisotopic (exact) mass is 352 g/mol. The first kappa shape index (κ1) is 17.2. The van der Waals surface area contributed by atoms with Gasteiger partial charge in [0, 0.05) is 34.3 Å². The van der Waals surface area contributed by atoms with E-state index in [4.69, 9.17) is 23.2 Å². The summed E-state index contributed by atoms with van der Waals surface area (Å²) in [4.78, 5) is 22.3. The molecule has 0 radical (unpaired) electrons. The van der Waals surface area contributed by atoms with Crippen molar-refractivity contribution in [2.45, 2.75) is 12.8 Å². The van der Waals surface area contributed by atoms with E-state index in [1.807, 2.05) is 6.92 Å². The van der Waals surface area contributed by atoms with Gasteiger partial charge in [0.1, 0.15) is 0 Å². The van der Waals surface area contributed by atoms with Crippen LogP contribution < -0.4 is 5.32 Å². The Bertz CT molecular complexity index is 712. The molecule has 2 rings (SSSR count). The van der Waals surface area contributed by atoms with Gasteiger partial charge < -0.3 is 5.32 Å². The van der Waals surface area contributed by atoms with Crippen molar-refractivity contribution in [2.24, 2.45) is 0 Å². The lowest BCUT2D eigenvalue weighted by atomic mass is 10.0. The van der Waals surface area contributed by atoms with E-state index in [9.17, 15) is 14.9 Å². The highest BCUT2D eigenvalue weighted by Crippen LogP contribution is 2.20. The quantitative estimate of drug-likeness (QED) is 0.638. The summed E-state index contributed by atoms with van der Waals surface area (Å²) in [6, 6.07) is 10.9. The Labute approximate surface area is 143 Å². The molecule has 0 aromatic heterocycles. The van der Waals surface area contributed by atoms with Crippen LogP contribution in [0.5, 0.6) is 0 Å². The number of carbonyl (C=O) groups is 1. The smallest absolute Gasteiger partial charge is 0.269 e. The van der Waals surface area contributed by atoms with Crippen molar-refractivity contribution in [1.29, 1.82) is 0 Å². The first-order chi connectivity index (χ1) is 10.9. The van der Waals surface area contributed by atoms with Crippen LogP contribution in [-0.2, 0) is 0 Å². The van der Waals surface area contributed by atoms with Crippen LogP contribution >= 0.6 is 23.2 Å². The van der Waals surface area contributed by atoms with Crippen molar-refractivity contribution in [2.75, 3.05) is 6.54 Å². The van der Waals surface area contributed by atoms with Crippen molar-refractivity contribution < 1.29 is 9.72 Å². The van der Waals surface area contributed by atoms with Crippen LogP contribution in [0.15, 0.2) is 42.5 Å². The van der Waals surface area contributed by atoms with Crippen LogP contribution in [0.25, 0.3) is 0 Å². The minimum absolute atomic E-state index is 0.00871. The highest BCUT2D eigenvalue weighted by Gasteiger charge is 2.12. The molecule has 1 N–H and O–H groups in total. The molecular formula is C16H14Cl2N2O3. The van der Waals surface area contributed by atoms with Gasteiger partial charge in [-0.05, 0) is 29.7 Å². The summed E-state index contributed by atoms with van der Waals surface area (Å²) in [5.41, 5.74) is 1.33. The number of benzene rings is 2. The van der Waals surface area contributed by atoms with Gasteiger partial charge in [0.2, 0.25) is 0 Å². The van der Waals surface area contributed by atoms with Crippen LogP contribution in [-0.4, -0.2) is 17.4 Å². The second kappa shape index (κ2) is 7.44. The molecule has 1 amide bonds. The molecule has 2 aromatic carbocycles. The normalized spacial score (nSPS) is 11.8. The first-order valence-electron chi connectivity index (χ1n) is 6.85. The summed E-state index contributed by atoms with van der Waals surface area (Å²) in [6.45, 7) is 2.31. The number of nitro groups is 1. The van der Waals surface area contributed by atoms with Gasteiger partial charge in [0.05, 0.1) is 4.92 Å². The molecule has 0 saturated heterocycles. The number of carbonyl (C=O) groups excluding carboxylic acids is 1. The maximum atomic E-state index is 12.1. The highest BCUT2D eigenvalue weighted by atomic mass is 35.5. The molecule has 23 heavy (non-hydrogen) atoms. The van der Waals surface area contributed by atoms with E-state index in [0.717, 1.165) is 5.56 Å². The van der Waals surface area contributed by atoms with E-state index in [1.165, 1.54) is 12.1 Å². The zero-order valence-corrected chi connectivity index (χ0v) is 13.8. The average molecular weight is 353 g/mol. The molecule has 1 atom stereocenters. The summed E-state index contributed by atoms with van der Waals surface area (Å²) in [7, 11) is 0. The Morgan fingerprint density at radius 1 is 1.17 bits per heavy atom. The molecule has 120 valence electrons. The standard InChI is InChI=1S/C16H14Cl2N2O3/c1-10(11-2-4-15(5-3-11)20(22)23)9-19-16(21)12-6-13(17)8-14(18)7-12/h2-8,10H,9H2,1H3,(H,19,21). The third-order valence-electron chi connectivity index (χ3n) is 3.37. The maximum absolute atomic E-state index is 12.1. The fourth-order valence-electron chi connectivity index (χ4n) is 2.08. The predicted molar refractivity (Wildman–Crippen MR) is 90.3 cm³/mol. The summed E-state index contributed by atoms with van der Waals surface area (Å²) in [5, 5.41) is 14.2. The number of nitro benzene ring substituents is 1. The fourth-order valence-corrected chi connectivity index (χ4v) is 2.60. The molecule has 0 fully saturated rings. The van der Waals surface area contributed by atoms with Gasteiger partial charge in [-0.25, -0.2) is 0 Å². The number of amides is 1. The van der Waals surface area contributed by atoms with Gasteiger partial charge in [-0.1, -0.05) is 42.3 Å². The lowest BCUT2D eigenvalue weighted by molar-refractivity contribution is -0.384. The van der Waals surface area contributed by atoms with Crippen LogP contribution in [0.3, 0.4) is 0 Å². The largest absolute Gasteiger partial charge is 0.351 e. The van der Waals surface area contributed by atoms with E-state index < -0.39 is 4.92 Å². The number of rotatable bonds is 5. The molecule has 0 aliphatic rings. The molecule has 2 aromatic rings. The van der Waals surface area contributed by atoms with Crippen molar-refractivity contribution in [3.63, 3.8) is 0 Å². The average Bonchev–Trinajstić information content (AvgIpc) is 2.51. The van der Waals surface area contributed by atoms with E-state index in [2.05, 4.69) is 5.32 Å². The lowest BCUT2D eigenvalue weighted by Crippen LogP contribution is -2.27. The van der Waals surface area contributed by atoms with Crippen LogP contribution in [0.2, 0.25) is 10.0 Å². The third-order valence-corrected chi connectivity index (χ3v) is 3.80. The molecule has 5 nitrogen and oxygen atoms in total. The van der Waals surface area contributed by atoms with Gasteiger partial charge in [-0.3, -0.25) is 14.9 Å². The summed E-state index contributed by atoms with van der Waals surface area (Å²) >= 11 is 11.7. The van der Waals surface area contributed by atoms with Gasteiger partial charge in [0.15, 0.2) is 0 Å². The molecule has 0 bridgehead atoms. The summed E-state index contributed by atoms with van der Waals surface area (Å²) in [5.74, 6) is -0.266. The molecule has 7 heteroatoms. The SMILES string of the molecule is CC(CNC(=O)c1cc(Cl)cc(Cl)c1)c1ccc([N+](=O)[O-])cc1. The minimum Gasteiger partial charge on any atom is -0.351 e. The van der Waals surface area contributed by atoms with Crippen LogP contribution in [0, 0.1) is 10.1 Å². The molecule has 1 unspecified atom stereocenters. The van der Waals surface area contributed by atoms with E-state index in [0.29, 0.717) is 22.2 Å². The summed E-state index contributed by atoms with van der Waals surface area (Å²) < 4.78 is 0. The fraction of sp³-hybridized carbons (Fsp3) is 0.188. The predicted octanol–water partition coefficient (Wildman–Crippen LogP) is 4.44. The topological polar surface area (TPSA) is 72.2 Å². The molecule has 0 saturated carbocycles. The number of hydrogen-bond acceptors (Lipinski definition) is 3. The molecule has 0 spiro atoms. The number of non-ortho nitro benzene ring substituents is 1. The Kier molecular flexibility index (Phi) is 5.58. The zero-order chi connectivity index (χ0) is 17.0. The second-order valence-corrected chi connectivity index (χ2v) is 5.99. The van der Waals surface area contributed by atoms with Crippen molar-refractivity contribution >= 4 is 34.8 Å². The number of hydrogen-bond donors (Lipinski definition) is 1. The number of nitrogens with zero attached hydrogens (tertiary/aromatic N) is 1. The van der Waals surface area contributed by atoms with Gasteiger partial charge in [0.25, 0.3) is 11.6 Å². The Morgan fingerprint density at radius 3 is 2.26 bits per heavy atom. The Morgan fingerprint density at radius 2 is 1.74 bits per heavy atom. The van der Waals surface area contributed by atoms with Crippen LogP contribution in [0.1, 0.15) is 28.8 Å². The van der Waals surface area contributed by atoms with Crippen molar-refractivity contribution in [1.82, 2.24) is 5.32 Å². The van der Waals surface area contributed by atoms with Crippen molar-refractivity contribution in [3.8, 4) is 0 Å². The van der Waals surface area contributed by atoms with Gasteiger partial charge in [-0.2, -0.15) is 0 Å². The molecular weight excluding hydrogens is 339 g/mol. The summed E-state index contributed by atoms with van der Waals surface area (Å²) in [6.07, 6.45) is 0. The van der Waals surface area contributed by atoms with E-state index in [-0.39, 0.29) is 17.5 Å². The molecule has 0 aliphatic heterocycles. The number of nitrogens with one attached hydrogen (secondary N) is 1. The van der Waals surface area contributed by atoms with E-state index in [1.54, 1.807) is 30.3 Å². The van der Waals surface area contributed by atoms with Crippen LogP contribution in [0.4, 0.5) is 5.69 Å². The Balaban J connectivity index is 1.99. The first-order valence-corrected chi connectivity index (χ1v) is 7.61. The lowest BCUT2D eigenvalue weighted by Gasteiger charge is -2.13. The molecule has 0 aliphatic carbocycles.